The van der Waals surface area contributed by atoms with E-state index in [1.165, 1.54) is 6.07 Å². The van der Waals surface area contributed by atoms with Crippen LogP contribution in [0.2, 0.25) is 0 Å². The smallest absolute Gasteiger partial charge is 0.252 e. The van der Waals surface area contributed by atoms with Gasteiger partial charge in [0.05, 0.1) is 11.2 Å². The molecule has 0 spiro atoms. The normalized spacial score (nSPS) is 10.7. The molecule has 2 aromatic heterocycles. The third-order valence-corrected chi connectivity index (χ3v) is 3.08. The molecule has 2 heterocycles. The molecule has 0 aliphatic heterocycles. The highest BCUT2D eigenvalue weighted by Gasteiger charge is 2.05. The minimum Gasteiger partial charge on any atom is -0.354 e. The van der Waals surface area contributed by atoms with Crippen molar-refractivity contribution in [2.24, 2.45) is 5.73 Å². The van der Waals surface area contributed by atoms with Crippen LogP contribution in [0.3, 0.4) is 0 Å². The van der Waals surface area contributed by atoms with Gasteiger partial charge in [-0.1, -0.05) is 12.1 Å². The van der Waals surface area contributed by atoms with Gasteiger partial charge in [-0.15, -0.1) is 0 Å². The van der Waals surface area contributed by atoms with Crippen molar-refractivity contribution in [2.75, 3.05) is 18.4 Å². The van der Waals surface area contributed by atoms with E-state index in [1.54, 1.807) is 6.20 Å². The molecule has 6 nitrogen and oxygen atoms in total. The lowest BCUT2D eigenvalue weighted by Crippen LogP contribution is -2.18. The molecule has 0 fully saturated rings. The summed E-state index contributed by atoms with van der Waals surface area (Å²) in [5.74, 6) is 0.425. The van der Waals surface area contributed by atoms with Gasteiger partial charge in [0.1, 0.15) is 0 Å². The van der Waals surface area contributed by atoms with Gasteiger partial charge in [-0.05, 0) is 18.2 Å². The molecule has 0 amide bonds. The summed E-state index contributed by atoms with van der Waals surface area (Å²) in [5, 5.41) is 3.99. The van der Waals surface area contributed by atoms with Gasteiger partial charge in [0, 0.05) is 36.3 Å². The Morgan fingerprint density at radius 2 is 2.14 bits per heavy atom. The van der Waals surface area contributed by atoms with Crippen LogP contribution >= 0.6 is 0 Å². The number of nitrogens with two attached hydrogens (primary N) is 1. The lowest BCUT2D eigenvalue weighted by atomic mass is 10.1. The summed E-state index contributed by atoms with van der Waals surface area (Å²) >= 11 is 0. The summed E-state index contributed by atoms with van der Waals surface area (Å²) in [7, 11) is 0. The maximum absolute atomic E-state index is 11.7. The first-order valence-electron chi connectivity index (χ1n) is 6.67. The van der Waals surface area contributed by atoms with Crippen LogP contribution in [-0.4, -0.2) is 28.0 Å². The van der Waals surface area contributed by atoms with Gasteiger partial charge in [0.25, 0.3) is 5.56 Å². The maximum Gasteiger partial charge on any atom is 0.252 e. The number of aromatic amines is 1. The Bertz CT molecular complexity index is 827. The van der Waals surface area contributed by atoms with Crippen molar-refractivity contribution in [1.82, 2.24) is 15.0 Å². The van der Waals surface area contributed by atoms with E-state index in [4.69, 9.17) is 5.73 Å². The molecule has 3 aromatic rings. The van der Waals surface area contributed by atoms with E-state index >= 15 is 0 Å². The van der Waals surface area contributed by atoms with Crippen LogP contribution in [-0.2, 0) is 0 Å². The molecule has 6 heteroatoms. The molecule has 106 valence electrons. The van der Waals surface area contributed by atoms with Gasteiger partial charge in [0.2, 0.25) is 5.95 Å². The average molecular weight is 281 g/mol. The Morgan fingerprint density at radius 3 is 3.00 bits per heavy atom. The summed E-state index contributed by atoms with van der Waals surface area (Å²) in [6.07, 6.45) is 1.75. The second kappa shape index (κ2) is 5.72. The predicted molar refractivity (Wildman–Crippen MR) is 83.1 cm³/mol. The van der Waals surface area contributed by atoms with E-state index in [9.17, 15) is 4.79 Å². The monoisotopic (exact) mass is 281 g/mol. The molecule has 1 aromatic carbocycles. The van der Waals surface area contributed by atoms with E-state index in [2.05, 4.69) is 20.3 Å². The number of hydrogen-bond donors (Lipinski definition) is 3. The van der Waals surface area contributed by atoms with Crippen molar-refractivity contribution < 1.29 is 0 Å². The summed E-state index contributed by atoms with van der Waals surface area (Å²) in [4.78, 5) is 23.1. The van der Waals surface area contributed by atoms with Crippen molar-refractivity contribution in [3.05, 3.63) is 52.9 Å². The fourth-order valence-corrected chi connectivity index (χ4v) is 2.11. The molecular formula is C15H15N5O. The summed E-state index contributed by atoms with van der Waals surface area (Å²) < 4.78 is 0. The Balaban J connectivity index is 2.04. The van der Waals surface area contributed by atoms with Crippen molar-refractivity contribution >= 4 is 16.9 Å². The first kappa shape index (κ1) is 13.3. The number of nitrogens with zero attached hydrogens (tertiary/aromatic N) is 2. The van der Waals surface area contributed by atoms with Crippen LogP contribution in [0.1, 0.15) is 0 Å². The number of H-pyrrole nitrogens is 1. The summed E-state index contributed by atoms with van der Waals surface area (Å²) in [5.41, 5.74) is 7.63. The van der Waals surface area contributed by atoms with Gasteiger partial charge in [0.15, 0.2) is 0 Å². The molecular weight excluding hydrogens is 266 g/mol. The quantitative estimate of drug-likeness (QED) is 0.671. The zero-order chi connectivity index (χ0) is 14.7. The van der Waals surface area contributed by atoms with Gasteiger partial charge >= 0.3 is 0 Å². The molecule has 0 radical (unpaired) electrons. The van der Waals surface area contributed by atoms with E-state index in [0.717, 1.165) is 16.5 Å². The standard InChI is InChI=1S/C15H15N5O/c16-5-7-18-15-19-13(9-14(21)20-15)11-3-4-12-10(8-11)2-1-6-17-12/h1-4,6,8-9H,5,7,16H2,(H2,18,19,20,21). The summed E-state index contributed by atoms with van der Waals surface area (Å²) in [6.45, 7) is 1.02. The largest absolute Gasteiger partial charge is 0.354 e. The van der Waals surface area contributed by atoms with Crippen LogP contribution in [0.15, 0.2) is 47.4 Å². The molecule has 0 bridgehead atoms. The number of hydrogen-bond acceptors (Lipinski definition) is 5. The minimum absolute atomic E-state index is 0.203. The number of pyridine rings is 1. The topological polar surface area (TPSA) is 96.7 Å². The van der Waals surface area contributed by atoms with E-state index < -0.39 is 0 Å². The second-order valence-corrected chi connectivity index (χ2v) is 4.61. The van der Waals surface area contributed by atoms with Crippen molar-refractivity contribution in [2.45, 2.75) is 0 Å². The Kier molecular flexibility index (Phi) is 3.61. The van der Waals surface area contributed by atoms with Crippen molar-refractivity contribution in [3.63, 3.8) is 0 Å². The van der Waals surface area contributed by atoms with Crippen molar-refractivity contribution in [3.8, 4) is 11.3 Å². The average Bonchev–Trinajstić information content (AvgIpc) is 2.52. The molecule has 0 aliphatic rings. The fourth-order valence-electron chi connectivity index (χ4n) is 2.11. The Labute approximate surface area is 121 Å². The van der Waals surface area contributed by atoms with E-state index in [1.807, 2.05) is 30.3 Å². The Morgan fingerprint density at radius 1 is 1.24 bits per heavy atom. The number of aromatic nitrogens is 3. The second-order valence-electron chi connectivity index (χ2n) is 4.61. The molecule has 0 unspecified atom stereocenters. The molecule has 3 rings (SSSR count). The third kappa shape index (κ3) is 2.90. The third-order valence-electron chi connectivity index (χ3n) is 3.08. The van der Waals surface area contributed by atoms with Gasteiger partial charge in [-0.25, -0.2) is 4.98 Å². The number of fused-ring (bicyclic) bond motifs is 1. The van der Waals surface area contributed by atoms with Gasteiger partial charge < -0.3 is 11.1 Å². The molecule has 0 saturated carbocycles. The van der Waals surface area contributed by atoms with E-state index in [-0.39, 0.29) is 5.56 Å². The molecule has 0 aliphatic carbocycles. The number of nitrogens with one attached hydrogen (secondary N) is 2. The van der Waals surface area contributed by atoms with Crippen LogP contribution in [0.25, 0.3) is 22.2 Å². The first-order valence-corrected chi connectivity index (χ1v) is 6.67. The number of benzene rings is 1. The zero-order valence-corrected chi connectivity index (χ0v) is 11.3. The maximum atomic E-state index is 11.7. The highest BCUT2D eigenvalue weighted by atomic mass is 16.1. The van der Waals surface area contributed by atoms with Crippen LogP contribution in [0.4, 0.5) is 5.95 Å². The molecule has 21 heavy (non-hydrogen) atoms. The SMILES string of the molecule is NCCNc1nc(-c2ccc3ncccc3c2)cc(=O)[nH]1. The summed E-state index contributed by atoms with van der Waals surface area (Å²) in [6, 6.07) is 11.1. The van der Waals surface area contributed by atoms with Gasteiger partial charge in [-0.3, -0.25) is 14.8 Å². The fraction of sp³-hybridized carbons (Fsp3) is 0.133. The number of rotatable bonds is 4. The van der Waals surface area contributed by atoms with Crippen LogP contribution in [0.5, 0.6) is 0 Å². The zero-order valence-electron chi connectivity index (χ0n) is 11.3. The number of anilines is 1. The van der Waals surface area contributed by atoms with Crippen LogP contribution in [0, 0.1) is 0 Å². The molecule has 4 N–H and O–H groups in total. The molecule has 0 saturated heterocycles. The minimum atomic E-state index is -0.203. The van der Waals surface area contributed by atoms with E-state index in [0.29, 0.717) is 24.7 Å². The first-order chi connectivity index (χ1) is 10.3. The highest BCUT2D eigenvalue weighted by Crippen LogP contribution is 2.21. The predicted octanol–water partition coefficient (Wildman–Crippen LogP) is 1.36. The van der Waals surface area contributed by atoms with Crippen molar-refractivity contribution in [1.29, 1.82) is 0 Å². The Hall–Kier alpha value is -2.73. The lowest BCUT2D eigenvalue weighted by molar-refractivity contribution is 0.983. The molecule has 0 atom stereocenters. The van der Waals surface area contributed by atoms with Crippen LogP contribution < -0.4 is 16.6 Å². The lowest BCUT2D eigenvalue weighted by Gasteiger charge is -2.07. The van der Waals surface area contributed by atoms with Gasteiger partial charge in [-0.2, -0.15) is 0 Å². The highest BCUT2D eigenvalue weighted by molar-refractivity contribution is 5.83.